The van der Waals surface area contributed by atoms with Crippen LogP contribution in [0.2, 0.25) is 0 Å². The zero-order chi connectivity index (χ0) is 21.4. The molecule has 0 aliphatic carbocycles. The van der Waals surface area contributed by atoms with Gasteiger partial charge in [0, 0.05) is 11.1 Å². The van der Waals surface area contributed by atoms with Crippen LogP contribution in [0.15, 0.2) is 53.3 Å². The molecule has 0 aliphatic rings. The average molecular weight is 402 g/mol. The van der Waals surface area contributed by atoms with E-state index in [1.165, 1.54) is 4.68 Å². The summed E-state index contributed by atoms with van der Waals surface area (Å²) in [5.74, 6) is 0.437. The SMILES string of the molecule is CCc1ccccc1NC(=O)[C@@H](CC)n1nc(C)n2c(cc3cc(C)ccc32)c1=O. The number of aryl methyl sites for hydroxylation is 3. The quantitative estimate of drug-likeness (QED) is 0.537. The number of hydrogen-bond donors (Lipinski definition) is 1. The van der Waals surface area contributed by atoms with Crippen LogP contribution in [0.25, 0.3) is 16.4 Å². The number of benzene rings is 2. The lowest BCUT2D eigenvalue weighted by molar-refractivity contribution is -0.119. The second kappa shape index (κ2) is 7.78. The first-order chi connectivity index (χ1) is 14.4. The van der Waals surface area contributed by atoms with E-state index in [0.717, 1.165) is 34.1 Å². The molecule has 2 aromatic heterocycles. The Bertz CT molecular complexity index is 1320. The Hall–Kier alpha value is -3.41. The number of nitrogens with zero attached hydrogens (tertiary/aromatic N) is 3. The highest BCUT2D eigenvalue weighted by Gasteiger charge is 2.24. The summed E-state index contributed by atoms with van der Waals surface area (Å²) in [5, 5.41) is 8.51. The number of rotatable bonds is 5. The molecule has 0 bridgehead atoms. The van der Waals surface area contributed by atoms with E-state index in [1.807, 2.05) is 74.6 Å². The maximum absolute atomic E-state index is 13.3. The van der Waals surface area contributed by atoms with Gasteiger partial charge in [0.1, 0.15) is 17.4 Å². The first-order valence-corrected chi connectivity index (χ1v) is 10.3. The minimum absolute atomic E-state index is 0.233. The molecule has 30 heavy (non-hydrogen) atoms. The van der Waals surface area contributed by atoms with Gasteiger partial charge in [0.05, 0.1) is 5.52 Å². The van der Waals surface area contributed by atoms with E-state index in [9.17, 15) is 9.59 Å². The van der Waals surface area contributed by atoms with Crippen LogP contribution >= 0.6 is 0 Å². The van der Waals surface area contributed by atoms with Crippen molar-refractivity contribution in [2.24, 2.45) is 0 Å². The molecule has 1 atom stereocenters. The molecule has 0 saturated carbocycles. The van der Waals surface area contributed by atoms with Crippen LogP contribution in [0.1, 0.15) is 43.3 Å². The van der Waals surface area contributed by atoms with Crippen LogP contribution in [0.5, 0.6) is 0 Å². The molecule has 1 N–H and O–H groups in total. The van der Waals surface area contributed by atoms with Gasteiger partial charge in [-0.3, -0.25) is 14.0 Å². The summed E-state index contributed by atoms with van der Waals surface area (Å²) in [5.41, 5.74) is 4.17. The van der Waals surface area contributed by atoms with Gasteiger partial charge in [0.15, 0.2) is 0 Å². The number of carbonyl (C=O) groups excluding carboxylic acids is 1. The Morgan fingerprint density at radius 3 is 2.57 bits per heavy atom. The van der Waals surface area contributed by atoms with Gasteiger partial charge in [-0.1, -0.05) is 43.7 Å². The van der Waals surface area contributed by atoms with Gasteiger partial charge in [-0.15, -0.1) is 0 Å². The summed E-state index contributed by atoms with van der Waals surface area (Å²) in [6.07, 6.45) is 1.27. The smallest absolute Gasteiger partial charge is 0.291 e. The molecular formula is C24H26N4O2. The Balaban J connectivity index is 1.80. The second-order valence-corrected chi connectivity index (χ2v) is 7.65. The van der Waals surface area contributed by atoms with Gasteiger partial charge in [-0.25, -0.2) is 4.68 Å². The first kappa shape index (κ1) is 19.9. The molecule has 2 heterocycles. The molecule has 1 amide bonds. The number of aromatic nitrogens is 3. The maximum Gasteiger partial charge on any atom is 0.291 e. The zero-order valence-corrected chi connectivity index (χ0v) is 17.8. The van der Waals surface area contributed by atoms with Gasteiger partial charge < -0.3 is 5.32 Å². The molecular weight excluding hydrogens is 376 g/mol. The van der Waals surface area contributed by atoms with Crippen LogP contribution in [0.4, 0.5) is 5.69 Å². The number of hydrogen-bond acceptors (Lipinski definition) is 3. The van der Waals surface area contributed by atoms with Gasteiger partial charge >= 0.3 is 0 Å². The molecule has 0 unspecified atom stereocenters. The number of fused-ring (bicyclic) bond motifs is 3. The van der Waals surface area contributed by atoms with Gasteiger partial charge in [-0.2, -0.15) is 5.10 Å². The van der Waals surface area contributed by atoms with Crippen LogP contribution in [0.3, 0.4) is 0 Å². The lowest BCUT2D eigenvalue weighted by Crippen LogP contribution is -2.36. The largest absolute Gasteiger partial charge is 0.324 e. The Labute approximate surface area is 175 Å². The summed E-state index contributed by atoms with van der Waals surface area (Å²) in [7, 11) is 0. The molecule has 0 saturated heterocycles. The molecule has 4 aromatic rings. The van der Waals surface area contributed by atoms with Crippen molar-refractivity contribution in [2.45, 2.75) is 46.6 Å². The summed E-state index contributed by atoms with van der Waals surface area (Å²) in [6.45, 7) is 7.82. The van der Waals surface area contributed by atoms with E-state index in [-0.39, 0.29) is 11.5 Å². The number of amides is 1. The topological polar surface area (TPSA) is 68.4 Å². The van der Waals surface area contributed by atoms with E-state index in [0.29, 0.717) is 17.8 Å². The molecule has 2 aromatic carbocycles. The molecule has 0 spiro atoms. The van der Waals surface area contributed by atoms with Crippen molar-refractivity contribution in [2.75, 3.05) is 5.32 Å². The van der Waals surface area contributed by atoms with Crippen molar-refractivity contribution in [3.05, 3.63) is 75.8 Å². The first-order valence-electron chi connectivity index (χ1n) is 10.3. The van der Waals surface area contributed by atoms with E-state index >= 15 is 0 Å². The third-order valence-electron chi connectivity index (χ3n) is 5.60. The van der Waals surface area contributed by atoms with Crippen molar-refractivity contribution in [3.8, 4) is 0 Å². The van der Waals surface area contributed by atoms with Crippen molar-refractivity contribution in [3.63, 3.8) is 0 Å². The second-order valence-electron chi connectivity index (χ2n) is 7.65. The summed E-state index contributed by atoms with van der Waals surface area (Å²) in [4.78, 5) is 26.4. The molecule has 4 rings (SSSR count). The third kappa shape index (κ3) is 3.28. The van der Waals surface area contributed by atoms with Crippen LogP contribution in [-0.4, -0.2) is 20.1 Å². The molecule has 0 radical (unpaired) electrons. The molecule has 0 fully saturated rings. The number of anilines is 1. The zero-order valence-electron chi connectivity index (χ0n) is 17.8. The standard InChI is InChI=1S/C24H26N4O2/c1-5-17-9-7-8-10-19(17)25-23(29)20(6-2)28-24(30)22-14-18-13-15(3)11-12-21(18)27(22)16(4)26-28/h7-14,20H,5-6H2,1-4H3,(H,25,29)/t20-/m1/s1. The molecule has 154 valence electrons. The van der Waals surface area contributed by atoms with E-state index in [1.54, 1.807) is 0 Å². The number of nitrogens with one attached hydrogen (secondary N) is 1. The minimum atomic E-state index is -0.689. The fourth-order valence-electron chi connectivity index (χ4n) is 4.05. The normalized spacial score (nSPS) is 12.4. The Morgan fingerprint density at radius 2 is 1.83 bits per heavy atom. The Kier molecular flexibility index (Phi) is 5.16. The highest BCUT2D eigenvalue weighted by Crippen LogP contribution is 2.22. The third-order valence-corrected chi connectivity index (χ3v) is 5.60. The lowest BCUT2D eigenvalue weighted by atomic mass is 10.1. The van der Waals surface area contributed by atoms with Crippen molar-refractivity contribution < 1.29 is 4.79 Å². The molecule has 6 nitrogen and oxygen atoms in total. The van der Waals surface area contributed by atoms with Gasteiger partial charge in [0.25, 0.3) is 5.56 Å². The van der Waals surface area contributed by atoms with Crippen LogP contribution in [-0.2, 0) is 11.2 Å². The molecule has 0 aliphatic heterocycles. The average Bonchev–Trinajstić information content (AvgIpc) is 3.12. The van der Waals surface area contributed by atoms with Crippen LogP contribution < -0.4 is 10.9 Å². The van der Waals surface area contributed by atoms with Crippen molar-refractivity contribution in [1.29, 1.82) is 0 Å². The minimum Gasteiger partial charge on any atom is -0.324 e. The fourth-order valence-corrected chi connectivity index (χ4v) is 4.05. The highest BCUT2D eigenvalue weighted by atomic mass is 16.2. The predicted molar refractivity (Wildman–Crippen MR) is 120 cm³/mol. The summed E-state index contributed by atoms with van der Waals surface area (Å²) >= 11 is 0. The van der Waals surface area contributed by atoms with Crippen LogP contribution in [0, 0.1) is 13.8 Å². The van der Waals surface area contributed by atoms with Gasteiger partial charge in [0.2, 0.25) is 5.91 Å². The Morgan fingerprint density at radius 1 is 1.07 bits per heavy atom. The maximum atomic E-state index is 13.3. The monoisotopic (exact) mass is 402 g/mol. The lowest BCUT2D eigenvalue weighted by Gasteiger charge is -2.19. The van der Waals surface area contributed by atoms with Crippen molar-refractivity contribution >= 4 is 28.0 Å². The highest BCUT2D eigenvalue weighted by molar-refractivity contribution is 5.94. The van der Waals surface area contributed by atoms with Crippen molar-refractivity contribution in [1.82, 2.24) is 14.2 Å². The van der Waals surface area contributed by atoms with E-state index in [2.05, 4.69) is 16.5 Å². The number of carbonyl (C=O) groups is 1. The summed E-state index contributed by atoms with van der Waals surface area (Å²) in [6, 6.07) is 15.0. The predicted octanol–water partition coefficient (Wildman–Crippen LogP) is 4.42. The fraction of sp³-hybridized carbons (Fsp3) is 0.292. The summed E-state index contributed by atoms with van der Waals surface area (Å²) < 4.78 is 3.20. The number of para-hydroxylation sites is 1. The van der Waals surface area contributed by atoms with E-state index < -0.39 is 6.04 Å². The van der Waals surface area contributed by atoms with E-state index in [4.69, 9.17) is 0 Å². The molecule has 6 heteroatoms. The van der Waals surface area contributed by atoms with Gasteiger partial charge in [-0.05, 0) is 56.5 Å².